The minimum absolute atomic E-state index is 0.154. The van der Waals surface area contributed by atoms with Gasteiger partial charge >= 0.3 is 0 Å². The van der Waals surface area contributed by atoms with Gasteiger partial charge in [0, 0.05) is 11.1 Å². The third-order valence-electron chi connectivity index (χ3n) is 2.85. The van der Waals surface area contributed by atoms with Crippen LogP contribution in [0.5, 0.6) is 5.75 Å². The molecule has 0 aliphatic heterocycles. The minimum atomic E-state index is -1.35. The van der Waals surface area contributed by atoms with E-state index < -0.39 is 11.9 Å². The van der Waals surface area contributed by atoms with Crippen molar-refractivity contribution in [3.63, 3.8) is 0 Å². The third-order valence-corrected chi connectivity index (χ3v) is 3.88. The zero-order valence-corrected chi connectivity index (χ0v) is 12.3. The van der Waals surface area contributed by atoms with E-state index in [2.05, 4.69) is 10.3 Å². The van der Waals surface area contributed by atoms with Gasteiger partial charge in [0.05, 0.1) is 24.7 Å². The lowest BCUT2D eigenvalue weighted by Crippen LogP contribution is -2.23. The van der Waals surface area contributed by atoms with Crippen molar-refractivity contribution >= 4 is 28.9 Å². The van der Waals surface area contributed by atoms with Crippen LogP contribution in [0.15, 0.2) is 29.6 Å². The molecular formula is C14H13N2O4S-. The van der Waals surface area contributed by atoms with Crippen LogP contribution in [0.25, 0.3) is 0 Å². The number of hydrogen-bond acceptors (Lipinski definition) is 6. The van der Waals surface area contributed by atoms with E-state index in [0.717, 1.165) is 11.3 Å². The highest BCUT2D eigenvalue weighted by atomic mass is 32.1. The molecule has 1 N–H and O–H groups in total. The van der Waals surface area contributed by atoms with Crippen molar-refractivity contribution < 1.29 is 19.4 Å². The number of carboxylic acid groups (broad SMARTS) is 1. The van der Waals surface area contributed by atoms with Crippen molar-refractivity contribution in [2.24, 2.45) is 0 Å². The Morgan fingerprint density at radius 3 is 2.52 bits per heavy atom. The Labute approximate surface area is 125 Å². The Morgan fingerprint density at radius 1 is 1.33 bits per heavy atom. The van der Waals surface area contributed by atoms with Crippen molar-refractivity contribution in [3.8, 4) is 5.75 Å². The number of anilines is 1. The van der Waals surface area contributed by atoms with Crippen molar-refractivity contribution in [1.82, 2.24) is 4.98 Å². The first kappa shape index (κ1) is 15.0. The summed E-state index contributed by atoms with van der Waals surface area (Å²) in [5.41, 5.74) is 0.475. The number of hydrogen-bond donors (Lipinski definition) is 1. The fourth-order valence-corrected chi connectivity index (χ4v) is 2.46. The molecule has 1 heterocycles. The highest BCUT2D eigenvalue weighted by Gasteiger charge is 2.19. The van der Waals surface area contributed by atoms with Crippen LogP contribution in [0.3, 0.4) is 0 Å². The molecule has 0 aliphatic carbocycles. The van der Waals surface area contributed by atoms with Crippen LogP contribution in [0.2, 0.25) is 0 Å². The van der Waals surface area contributed by atoms with Gasteiger partial charge in [-0.2, -0.15) is 0 Å². The Balaban J connectivity index is 2.05. The first-order chi connectivity index (χ1) is 10.0. The van der Waals surface area contributed by atoms with Crippen LogP contribution in [0, 0.1) is 0 Å². The second-order valence-corrected chi connectivity index (χ2v) is 5.19. The van der Waals surface area contributed by atoms with Crippen LogP contribution in [-0.4, -0.2) is 24.0 Å². The van der Waals surface area contributed by atoms with Gasteiger partial charge < -0.3 is 20.0 Å². The van der Waals surface area contributed by atoms with E-state index in [1.807, 2.05) is 0 Å². The zero-order valence-electron chi connectivity index (χ0n) is 11.5. The van der Waals surface area contributed by atoms with Gasteiger partial charge in [-0.1, -0.05) is 0 Å². The van der Waals surface area contributed by atoms with Crippen LogP contribution in [-0.2, 0) is 4.79 Å². The molecule has 0 saturated heterocycles. The molecule has 2 aromatic rings. The van der Waals surface area contributed by atoms with Crippen molar-refractivity contribution in [1.29, 1.82) is 0 Å². The highest BCUT2D eigenvalue weighted by Crippen LogP contribution is 2.22. The molecule has 1 aromatic heterocycles. The number of ether oxygens (including phenoxy) is 1. The maximum Gasteiger partial charge on any atom is 0.234 e. The van der Waals surface area contributed by atoms with Crippen molar-refractivity contribution in [3.05, 3.63) is 40.3 Å². The standard InChI is InChI=1S/C14H14N2O4S/c1-8(13-16-11(7-21-13)14(18)19)12(17)15-9-3-5-10(20-2)6-4-9/h3-8H,1-2H3,(H,15,17)(H,18,19)/p-1/t8-/m0/s1. The predicted molar refractivity (Wildman–Crippen MR) is 76.5 cm³/mol. The Bertz CT molecular complexity index is 651. The summed E-state index contributed by atoms with van der Waals surface area (Å²) in [6.45, 7) is 1.66. The molecule has 0 bridgehead atoms. The van der Waals surface area contributed by atoms with E-state index in [-0.39, 0.29) is 11.6 Å². The molecule has 0 fully saturated rings. The summed E-state index contributed by atoms with van der Waals surface area (Å²) < 4.78 is 5.03. The van der Waals surface area contributed by atoms with Gasteiger partial charge in [0.15, 0.2) is 0 Å². The number of benzene rings is 1. The Morgan fingerprint density at radius 2 is 2.00 bits per heavy atom. The van der Waals surface area contributed by atoms with Gasteiger partial charge in [-0.3, -0.25) is 4.79 Å². The molecule has 2 rings (SSSR count). The van der Waals surface area contributed by atoms with Gasteiger partial charge in [0.25, 0.3) is 0 Å². The molecule has 1 amide bonds. The number of methoxy groups -OCH3 is 1. The smallest absolute Gasteiger partial charge is 0.234 e. The lowest BCUT2D eigenvalue weighted by atomic mass is 10.1. The molecule has 6 nitrogen and oxygen atoms in total. The number of aromatic carboxylic acids is 1. The van der Waals surface area contributed by atoms with Crippen molar-refractivity contribution in [2.75, 3.05) is 12.4 Å². The van der Waals surface area contributed by atoms with Gasteiger partial charge in [-0.15, -0.1) is 11.3 Å². The fraction of sp³-hybridized carbons (Fsp3) is 0.214. The van der Waals surface area contributed by atoms with Crippen LogP contribution < -0.4 is 15.2 Å². The molecule has 110 valence electrons. The molecule has 0 unspecified atom stereocenters. The molecule has 0 radical (unpaired) electrons. The second kappa shape index (κ2) is 6.36. The molecule has 1 atom stereocenters. The largest absolute Gasteiger partial charge is 0.543 e. The molecule has 21 heavy (non-hydrogen) atoms. The quantitative estimate of drug-likeness (QED) is 0.898. The summed E-state index contributed by atoms with van der Waals surface area (Å²) >= 11 is 1.12. The normalized spacial score (nSPS) is 11.7. The van der Waals surface area contributed by atoms with Gasteiger partial charge in [-0.25, -0.2) is 4.98 Å². The average molecular weight is 305 g/mol. The summed E-state index contributed by atoms with van der Waals surface area (Å²) in [6.07, 6.45) is 0. The van der Waals surface area contributed by atoms with Crippen LogP contribution in [0.1, 0.15) is 28.3 Å². The topological polar surface area (TPSA) is 91.3 Å². The summed E-state index contributed by atoms with van der Waals surface area (Å²) in [5, 5.41) is 15.2. The SMILES string of the molecule is COc1ccc(NC(=O)[C@H](C)c2nc(C(=O)[O-])cs2)cc1. The number of nitrogens with one attached hydrogen (secondary N) is 1. The van der Waals surface area contributed by atoms with Crippen LogP contribution in [0.4, 0.5) is 5.69 Å². The zero-order chi connectivity index (χ0) is 15.4. The number of carbonyl (C=O) groups is 2. The van der Waals surface area contributed by atoms with Gasteiger partial charge in [0.2, 0.25) is 5.91 Å². The summed E-state index contributed by atoms with van der Waals surface area (Å²) in [6, 6.07) is 6.91. The van der Waals surface area contributed by atoms with E-state index >= 15 is 0 Å². The summed E-state index contributed by atoms with van der Waals surface area (Å²) in [5.74, 6) is -1.47. The second-order valence-electron chi connectivity index (χ2n) is 4.30. The summed E-state index contributed by atoms with van der Waals surface area (Å²) in [7, 11) is 1.56. The van der Waals surface area contributed by atoms with E-state index in [1.54, 1.807) is 38.3 Å². The third kappa shape index (κ3) is 3.57. The molecule has 0 saturated carbocycles. The molecule has 0 spiro atoms. The molecular weight excluding hydrogens is 292 g/mol. The highest BCUT2D eigenvalue weighted by molar-refractivity contribution is 7.10. The van der Waals surface area contributed by atoms with Crippen LogP contribution >= 0.6 is 11.3 Å². The maximum atomic E-state index is 12.1. The monoisotopic (exact) mass is 305 g/mol. The molecule has 0 aliphatic rings. The number of carboxylic acids is 1. The number of nitrogens with zero attached hydrogens (tertiary/aromatic N) is 1. The van der Waals surface area contributed by atoms with E-state index in [9.17, 15) is 14.7 Å². The number of carbonyl (C=O) groups excluding carboxylic acids is 2. The Kier molecular flexibility index (Phi) is 4.54. The van der Waals surface area contributed by atoms with E-state index in [1.165, 1.54) is 5.38 Å². The minimum Gasteiger partial charge on any atom is -0.543 e. The summed E-state index contributed by atoms with van der Waals surface area (Å²) in [4.78, 5) is 26.7. The number of rotatable bonds is 5. The van der Waals surface area contributed by atoms with E-state index in [0.29, 0.717) is 16.4 Å². The first-order valence-electron chi connectivity index (χ1n) is 6.13. The van der Waals surface area contributed by atoms with Gasteiger partial charge in [-0.05, 0) is 31.2 Å². The Hall–Kier alpha value is -2.41. The lowest BCUT2D eigenvalue weighted by molar-refractivity contribution is -0.255. The average Bonchev–Trinajstić information content (AvgIpc) is 2.97. The predicted octanol–water partition coefficient (Wildman–Crippen LogP) is 1.26. The van der Waals surface area contributed by atoms with E-state index in [4.69, 9.17) is 4.74 Å². The fourth-order valence-electron chi connectivity index (χ4n) is 1.62. The molecule has 7 heteroatoms. The number of aromatic nitrogens is 1. The van der Waals surface area contributed by atoms with Crippen molar-refractivity contribution in [2.45, 2.75) is 12.8 Å². The first-order valence-corrected chi connectivity index (χ1v) is 7.01. The lowest BCUT2D eigenvalue weighted by Gasteiger charge is -2.10. The maximum absolute atomic E-state index is 12.1. The van der Waals surface area contributed by atoms with Gasteiger partial charge in [0.1, 0.15) is 10.8 Å². The number of thiazole rings is 1. The number of amides is 1. The molecule has 1 aromatic carbocycles.